The van der Waals surface area contributed by atoms with Crippen molar-refractivity contribution in [3.8, 4) is 0 Å². The van der Waals surface area contributed by atoms with Gasteiger partial charge in [-0.05, 0) is 49.9 Å². The number of carbonyl (C=O) groups excluding carboxylic acids is 1. The first-order chi connectivity index (χ1) is 9.11. The first-order valence-electron chi connectivity index (χ1n) is 6.77. The third-order valence-corrected chi connectivity index (χ3v) is 4.65. The first kappa shape index (κ1) is 14.4. The fraction of sp³-hybridized carbons (Fsp3) is 0.533. The summed E-state index contributed by atoms with van der Waals surface area (Å²) in [6.45, 7) is 5.99. The van der Waals surface area contributed by atoms with Crippen LogP contribution in [0.1, 0.15) is 25.5 Å². The molecule has 0 saturated carbocycles. The molecule has 0 aliphatic carbocycles. The van der Waals surface area contributed by atoms with Gasteiger partial charge in [0.2, 0.25) is 5.91 Å². The van der Waals surface area contributed by atoms with Crippen molar-refractivity contribution in [2.24, 2.45) is 11.8 Å². The minimum absolute atomic E-state index is 0.0684. The highest BCUT2D eigenvalue weighted by Crippen LogP contribution is 2.21. The summed E-state index contributed by atoms with van der Waals surface area (Å²) in [5.74, 6) is 0.744. The summed E-state index contributed by atoms with van der Waals surface area (Å²) >= 11 is 1.73. The van der Waals surface area contributed by atoms with Gasteiger partial charge in [0.1, 0.15) is 0 Å². The molecule has 0 radical (unpaired) electrons. The molecule has 1 fully saturated rings. The van der Waals surface area contributed by atoms with Gasteiger partial charge in [0.15, 0.2) is 0 Å². The Balaban J connectivity index is 1.91. The Labute approximate surface area is 119 Å². The van der Waals surface area contributed by atoms with E-state index >= 15 is 0 Å². The Bertz CT molecular complexity index is 428. The molecule has 0 spiro atoms. The SMILES string of the molecule is CSc1ccc(C(C)NC(=O)C(C)C2CNC2)cc1. The van der Waals surface area contributed by atoms with E-state index in [2.05, 4.69) is 41.2 Å². The third-order valence-electron chi connectivity index (χ3n) is 3.91. The number of nitrogens with one attached hydrogen (secondary N) is 2. The number of carbonyl (C=O) groups is 1. The number of amides is 1. The molecule has 1 aliphatic heterocycles. The minimum Gasteiger partial charge on any atom is -0.349 e. The van der Waals surface area contributed by atoms with Gasteiger partial charge >= 0.3 is 0 Å². The number of benzene rings is 1. The Hall–Kier alpha value is -1.00. The Morgan fingerprint density at radius 1 is 1.32 bits per heavy atom. The maximum Gasteiger partial charge on any atom is 0.223 e. The third kappa shape index (κ3) is 3.51. The molecule has 4 heteroatoms. The summed E-state index contributed by atoms with van der Waals surface area (Å²) in [7, 11) is 0. The number of hydrogen-bond donors (Lipinski definition) is 2. The summed E-state index contributed by atoms with van der Waals surface area (Å²) in [6, 6.07) is 8.45. The van der Waals surface area contributed by atoms with Crippen molar-refractivity contribution in [2.75, 3.05) is 19.3 Å². The lowest BCUT2D eigenvalue weighted by molar-refractivity contribution is -0.127. The number of hydrogen-bond acceptors (Lipinski definition) is 3. The van der Waals surface area contributed by atoms with Crippen LogP contribution in [0, 0.1) is 11.8 Å². The van der Waals surface area contributed by atoms with Crippen LogP contribution in [0.5, 0.6) is 0 Å². The lowest BCUT2D eigenvalue weighted by Crippen LogP contribution is -2.49. The standard InChI is InChI=1S/C15H22N2OS/c1-10(13-8-16-9-13)15(18)17-11(2)12-4-6-14(19-3)7-5-12/h4-7,10-11,13,16H,8-9H2,1-3H3,(H,17,18). The second-order valence-corrected chi connectivity index (χ2v) is 6.09. The normalized spacial score (nSPS) is 18.5. The van der Waals surface area contributed by atoms with Crippen molar-refractivity contribution in [3.05, 3.63) is 29.8 Å². The molecule has 2 atom stereocenters. The van der Waals surface area contributed by atoms with Crippen LogP contribution >= 0.6 is 11.8 Å². The zero-order valence-electron chi connectivity index (χ0n) is 11.8. The predicted molar refractivity (Wildman–Crippen MR) is 80.3 cm³/mol. The van der Waals surface area contributed by atoms with E-state index in [9.17, 15) is 4.79 Å². The molecular formula is C15H22N2OS. The van der Waals surface area contributed by atoms with E-state index in [1.807, 2.05) is 13.8 Å². The van der Waals surface area contributed by atoms with Crippen LogP contribution in [0.2, 0.25) is 0 Å². The molecule has 2 N–H and O–H groups in total. The molecule has 1 amide bonds. The molecule has 19 heavy (non-hydrogen) atoms. The average molecular weight is 278 g/mol. The molecule has 2 rings (SSSR count). The lowest BCUT2D eigenvalue weighted by atomic mass is 9.88. The van der Waals surface area contributed by atoms with Crippen LogP contribution in [-0.4, -0.2) is 25.3 Å². The van der Waals surface area contributed by atoms with Crippen LogP contribution in [0.3, 0.4) is 0 Å². The molecule has 2 unspecified atom stereocenters. The van der Waals surface area contributed by atoms with Gasteiger partial charge in [-0.1, -0.05) is 19.1 Å². The fourth-order valence-electron chi connectivity index (χ4n) is 2.20. The number of thioether (sulfide) groups is 1. The topological polar surface area (TPSA) is 41.1 Å². The van der Waals surface area contributed by atoms with E-state index in [1.54, 1.807) is 11.8 Å². The van der Waals surface area contributed by atoms with Crippen molar-refractivity contribution >= 4 is 17.7 Å². The maximum atomic E-state index is 12.1. The molecular weight excluding hydrogens is 256 g/mol. The van der Waals surface area contributed by atoms with Crippen LogP contribution < -0.4 is 10.6 Å². The van der Waals surface area contributed by atoms with E-state index in [0.29, 0.717) is 5.92 Å². The Morgan fingerprint density at radius 2 is 1.95 bits per heavy atom. The molecule has 3 nitrogen and oxygen atoms in total. The molecule has 1 saturated heterocycles. The largest absolute Gasteiger partial charge is 0.349 e. The summed E-state index contributed by atoms with van der Waals surface area (Å²) < 4.78 is 0. The molecule has 0 aromatic heterocycles. The van der Waals surface area contributed by atoms with Crippen molar-refractivity contribution in [2.45, 2.75) is 24.8 Å². The second-order valence-electron chi connectivity index (χ2n) is 5.21. The second kappa shape index (κ2) is 6.44. The highest BCUT2D eigenvalue weighted by Gasteiger charge is 2.29. The monoisotopic (exact) mass is 278 g/mol. The summed E-state index contributed by atoms with van der Waals surface area (Å²) in [4.78, 5) is 13.4. The van der Waals surface area contributed by atoms with Crippen LogP contribution in [-0.2, 0) is 4.79 Å². The first-order valence-corrected chi connectivity index (χ1v) is 7.99. The molecule has 1 aromatic carbocycles. The smallest absolute Gasteiger partial charge is 0.223 e. The van der Waals surface area contributed by atoms with Crippen molar-refractivity contribution < 1.29 is 4.79 Å². The van der Waals surface area contributed by atoms with Crippen LogP contribution in [0.4, 0.5) is 0 Å². The number of rotatable bonds is 5. The zero-order chi connectivity index (χ0) is 13.8. The van der Waals surface area contributed by atoms with Crippen molar-refractivity contribution in [3.63, 3.8) is 0 Å². The average Bonchev–Trinajstić information content (AvgIpc) is 2.36. The van der Waals surface area contributed by atoms with Crippen molar-refractivity contribution in [1.29, 1.82) is 0 Å². The van der Waals surface area contributed by atoms with Crippen LogP contribution in [0.25, 0.3) is 0 Å². The van der Waals surface area contributed by atoms with Gasteiger partial charge in [0.05, 0.1) is 6.04 Å². The minimum atomic E-state index is 0.0684. The van der Waals surface area contributed by atoms with E-state index in [4.69, 9.17) is 0 Å². The van der Waals surface area contributed by atoms with E-state index in [0.717, 1.165) is 18.7 Å². The van der Waals surface area contributed by atoms with Gasteiger partial charge in [-0.2, -0.15) is 0 Å². The molecule has 1 heterocycles. The van der Waals surface area contributed by atoms with Gasteiger partial charge in [0.25, 0.3) is 0 Å². The van der Waals surface area contributed by atoms with Crippen LogP contribution in [0.15, 0.2) is 29.2 Å². The van der Waals surface area contributed by atoms with E-state index in [1.165, 1.54) is 4.90 Å². The lowest BCUT2D eigenvalue weighted by Gasteiger charge is -2.32. The van der Waals surface area contributed by atoms with Gasteiger partial charge in [-0.15, -0.1) is 11.8 Å². The summed E-state index contributed by atoms with van der Waals surface area (Å²) in [5.41, 5.74) is 1.16. The summed E-state index contributed by atoms with van der Waals surface area (Å²) in [6.07, 6.45) is 2.06. The van der Waals surface area contributed by atoms with Gasteiger partial charge < -0.3 is 10.6 Å². The van der Waals surface area contributed by atoms with Gasteiger partial charge in [0, 0.05) is 10.8 Å². The van der Waals surface area contributed by atoms with E-state index < -0.39 is 0 Å². The quantitative estimate of drug-likeness (QED) is 0.813. The molecule has 1 aliphatic rings. The molecule has 104 valence electrons. The Kier molecular flexibility index (Phi) is 4.88. The maximum absolute atomic E-state index is 12.1. The Morgan fingerprint density at radius 3 is 2.42 bits per heavy atom. The predicted octanol–water partition coefficient (Wildman–Crippen LogP) is 2.44. The summed E-state index contributed by atoms with van der Waals surface area (Å²) in [5, 5.41) is 6.32. The highest BCUT2D eigenvalue weighted by molar-refractivity contribution is 7.98. The van der Waals surface area contributed by atoms with Gasteiger partial charge in [-0.25, -0.2) is 0 Å². The highest BCUT2D eigenvalue weighted by atomic mass is 32.2. The van der Waals surface area contributed by atoms with Gasteiger partial charge in [-0.3, -0.25) is 4.79 Å². The molecule has 1 aromatic rings. The fourth-order valence-corrected chi connectivity index (χ4v) is 2.61. The van der Waals surface area contributed by atoms with Crippen molar-refractivity contribution in [1.82, 2.24) is 10.6 Å². The zero-order valence-corrected chi connectivity index (χ0v) is 12.6. The molecule has 0 bridgehead atoms. The van der Waals surface area contributed by atoms with E-state index in [-0.39, 0.29) is 17.9 Å².